The summed E-state index contributed by atoms with van der Waals surface area (Å²) in [6.45, 7) is 6.10. The number of benzene rings is 2. The standard InChI is InChI=1S/C19H20FNO/c1-13(2)15-5-7-16(8-6-15)19(22)10-11-21-18-12-17(20)9-4-14(18)3/h4-13,21H,1-3H3/b11-10+. The van der Waals surface area contributed by atoms with Gasteiger partial charge in [-0.3, -0.25) is 4.79 Å². The molecular formula is C19H20FNO. The zero-order valence-electron chi connectivity index (χ0n) is 13.1. The lowest BCUT2D eigenvalue weighted by molar-refractivity contribution is 0.104. The number of nitrogens with one attached hydrogen (secondary N) is 1. The average molecular weight is 297 g/mol. The van der Waals surface area contributed by atoms with Crippen LogP contribution in [0.1, 0.15) is 41.3 Å². The fourth-order valence-corrected chi connectivity index (χ4v) is 2.09. The predicted molar refractivity (Wildman–Crippen MR) is 88.8 cm³/mol. The topological polar surface area (TPSA) is 29.1 Å². The number of hydrogen-bond acceptors (Lipinski definition) is 2. The minimum atomic E-state index is -0.308. The Hall–Kier alpha value is -2.42. The second kappa shape index (κ2) is 7.03. The van der Waals surface area contributed by atoms with Gasteiger partial charge in [0.25, 0.3) is 0 Å². The van der Waals surface area contributed by atoms with Gasteiger partial charge in [0, 0.05) is 23.5 Å². The Morgan fingerprint density at radius 1 is 1.14 bits per heavy atom. The Bertz CT molecular complexity index is 687. The van der Waals surface area contributed by atoms with Crippen molar-refractivity contribution in [3.05, 3.63) is 77.2 Å². The van der Waals surface area contributed by atoms with E-state index in [2.05, 4.69) is 19.2 Å². The van der Waals surface area contributed by atoms with Crippen molar-refractivity contribution < 1.29 is 9.18 Å². The maximum Gasteiger partial charge on any atom is 0.187 e. The minimum absolute atomic E-state index is 0.0862. The number of hydrogen-bond donors (Lipinski definition) is 1. The van der Waals surface area contributed by atoms with Crippen LogP contribution in [0, 0.1) is 12.7 Å². The number of allylic oxidation sites excluding steroid dienone is 1. The molecule has 0 fully saturated rings. The van der Waals surface area contributed by atoms with Crippen molar-refractivity contribution >= 4 is 11.5 Å². The van der Waals surface area contributed by atoms with E-state index in [1.165, 1.54) is 23.8 Å². The molecule has 0 saturated carbocycles. The van der Waals surface area contributed by atoms with E-state index >= 15 is 0 Å². The molecule has 0 saturated heterocycles. The molecule has 114 valence electrons. The number of anilines is 1. The van der Waals surface area contributed by atoms with Gasteiger partial charge in [0.1, 0.15) is 5.82 Å². The molecule has 0 spiro atoms. The number of ketones is 1. The molecule has 0 aliphatic rings. The number of aryl methyl sites for hydroxylation is 1. The Labute approximate surface area is 130 Å². The number of halogens is 1. The third kappa shape index (κ3) is 4.04. The van der Waals surface area contributed by atoms with Crippen LogP contribution in [0.5, 0.6) is 0 Å². The molecule has 0 aliphatic carbocycles. The summed E-state index contributed by atoms with van der Waals surface area (Å²) >= 11 is 0. The van der Waals surface area contributed by atoms with Crippen molar-refractivity contribution in [2.75, 3.05) is 5.32 Å². The summed E-state index contributed by atoms with van der Waals surface area (Å²) in [5.41, 5.74) is 3.41. The maximum absolute atomic E-state index is 13.2. The van der Waals surface area contributed by atoms with Crippen LogP contribution in [0.15, 0.2) is 54.7 Å². The number of carbonyl (C=O) groups is 1. The molecule has 0 atom stereocenters. The first kappa shape index (κ1) is 16.0. The monoisotopic (exact) mass is 297 g/mol. The lowest BCUT2D eigenvalue weighted by Crippen LogP contribution is -1.98. The molecule has 0 aromatic heterocycles. The van der Waals surface area contributed by atoms with Crippen molar-refractivity contribution in [2.45, 2.75) is 26.7 Å². The molecule has 2 aromatic rings. The summed E-state index contributed by atoms with van der Waals surface area (Å²) in [5.74, 6) is 0.0475. The molecule has 0 unspecified atom stereocenters. The second-order valence-corrected chi connectivity index (χ2v) is 5.58. The lowest BCUT2D eigenvalue weighted by atomic mass is 10.0. The van der Waals surface area contributed by atoms with Gasteiger partial charge in [-0.1, -0.05) is 44.2 Å². The fourth-order valence-electron chi connectivity index (χ4n) is 2.09. The van der Waals surface area contributed by atoms with Crippen LogP contribution in [-0.4, -0.2) is 5.78 Å². The highest BCUT2D eigenvalue weighted by Crippen LogP contribution is 2.17. The van der Waals surface area contributed by atoms with E-state index in [1.807, 2.05) is 31.2 Å². The SMILES string of the molecule is Cc1ccc(F)cc1N/C=C/C(=O)c1ccc(C(C)C)cc1. The van der Waals surface area contributed by atoms with E-state index in [0.29, 0.717) is 17.2 Å². The fraction of sp³-hybridized carbons (Fsp3) is 0.211. The van der Waals surface area contributed by atoms with E-state index in [9.17, 15) is 9.18 Å². The Morgan fingerprint density at radius 2 is 1.82 bits per heavy atom. The van der Waals surface area contributed by atoms with Crippen LogP contribution in [0.3, 0.4) is 0 Å². The Kier molecular flexibility index (Phi) is 5.10. The van der Waals surface area contributed by atoms with Gasteiger partial charge in [-0.05, 0) is 36.1 Å². The van der Waals surface area contributed by atoms with Crippen molar-refractivity contribution in [1.29, 1.82) is 0 Å². The third-order valence-electron chi connectivity index (χ3n) is 3.54. The predicted octanol–water partition coefficient (Wildman–Crippen LogP) is 5.07. The van der Waals surface area contributed by atoms with Gasteiger partial charge in [0.15, 0.2) is 5.78 Å². The number of carbonyl (C=O) groups excluding carboxylic acids is 1. The average Bonchev–Trinajstić information content (AvgIpc) is 2.50. The normalized spacial score (nSPS) is 11.1. The van der Waals surface area contributed by atoms with Crippen LogP contribution < -0.4 is 5.32 Å². The van der Waals surface area contributed by atoms with E-state index in [1.54, 1.807) is 12.3 Å². The molecule has 2 aromatic carbocycles. The quantitative estimate of drug-likeness (QED) is 0.617. The maximum atomic E-state index is 13.2. The summed E-state index contributed by atoms with van der Waals surface area (Å²) in [7, 11) is 0. The highest BCUT2D eigenvalue weighted by Gasteiger charge is 2.04. The van der Waals surface area contributed by atoms with Crippen molar-refractivity contribution in [3.8, 4) is 0 Å². The largest absolute Gasteiger partial charge is 0.361 e. The van der Waals surface area contributed by atoms with E-state index in [-0.39, 0.29) is 11.6 Å². The Balaban J connectivity index is 2.03. The van der Waals surface area contributed by atoms with Gasteiger partial charge < -0.3 is 5.32 Å². The first-order valence-electron chi connectivity index (χ1n) is 7.31. The third-order valence-corrected chi connectivity index (χ3v) is 3.54. The van der Waals surface area contributed by atoms with Gasteiger partial charge in [-0.2, -0.15) is 0 Å². The smallest absolute Gasteiger partial charge is 0.187 e. The molecular weight excluding hydrogens is 277 g/mol. The molecule has 0 bridgehead atoms. The highest BCUT2D eigenvalue weighted by molar-refractivity contribution is 6.04. The molecule has 2 rings (SSSR count). The molecule has 2 nitrogen and oxygen atoms in total. The highest BCUT2D eigenvalue weighted by atomic mass is 19.1. The molecule has 0 amide bonds. The second-order valence-electron chi connectivity index (χ2n) is 5.58. The molecule has 0 heterocycles. The lowest BCUT2D eigenvalue weighted by Gasteiger charge is -2.06. The molecule has 0 aliphatic heterocycles. The zero-order chi connectivity index (χ0) is 16.1. The van der Waals surface area contributed by atoms with Gasteiger partial charge >= 0.3 is 0 Å². The van der Waals surface area contributed by atoms with Crippen LogP contribution in [0.2, 0.25) is 0 Å². The molecule has 3 heteroatoms. The van der Waals surface area contributed by atoms with Gasteiger partial charge in [0.2, 0.25) is 0 Å². The first-order chi connectivity index (χ1) is 10.5. The minimum Gasteiger partial charge on any atom is -0.361 e. The van der Waals surface area contributed by atoms with Crippen LogP contribution in [-0.2, 0) is 0 Å². The van der Waals surface area contributed by atoms with Gasteiger partial charge in [-0.25, -0.2) is 4.39 Å². The van der Waals surface area contributed by atoms with Crippen LogP contribution >= 0.6 is 0 Å². The van der Waals surface area contributed by atoms with Gasteiger partial charge in [0.05, 0.1) is 0 Å². The van der Waals surface area contributed by atoms with E-state index in [4.69, 9.17) is 0 Å². The summed E-state index contributed by atoms with van der Waals surface area (Å²) < 4.78 is 13.2. The van der Waals surface area contributed by atoms with Gasteiger partial charge in [-0.15, -0.1) is 0 Å². The Morgan fingerprint density at radius 3 is 2.45 bits per heavy atom. The first-order valence-corrected chi connectivity index (χ1v) is 7.31. The van der Waals surface area contributed by atoms with Crippen molar-refractivity contribution in [3.63, 3.8) is 0 Å². The molecule has 22 heavy (non-hydrogen) atoms. The van der Waals surface area contributed by atoms with Crippen molar-refractivity contribution in [2.24, 2.45) is 0 Å². The summed E-state index contributed by atoms with van der Waals surface area (Å²) in [6, 6.07) is 12.1. The van der Waals surface area contributed by atoms with Crippen molar-refractivity contribution in [1.82, 2.24) is 0 Å². The van der Waals surface area contributed by atoms with E-state index in [0.717, 1.165) is 5.56 Å². The summed E-state index contributed by atoms with van der Waals surface area (Å²) in [4.78, 5) is 12.1. The molecule has 1 N–H and O–H groups in total. The van der Waals surface area contributed by atoms with E-state index < -0.39 is 0 Å². The zero-order valence-corrected chi connectivity index (χ0v) is 13.1. The summed E-state index contributed by atoms with van der Waals surface area (Å²) in [6.07, 6.45) is 3.00. The molecule has 0 radical (unpaired) electrons. The van der Waals surface area contributed by atoms with Crippen LogP contribution in [0.4, 0.5) is 10.1 Å². The summed E-state index contributed by atoms with van der Waals surface area (Å²) in [5, 5.41) is 2.94. The van der Waals surface area contributed by atoms with Crippen LogP contribution in [0.25, 0.3) is 0 Å². The number of rotatable bonds is 5.